The summed E-state index contributed by atoms with van der Waals surface area (Å²) in [6.45, 7) is 8.65. The van der Waals surface area contributed by atoms with Crippen LogP contribution in [-0.2, 0) is 19.4 Å². The highest BCUT2D eigenvalue weighted by Crippen LogP contribution is 2.28. The molecule has 150 valence electrons. The Balaban J connectivity index is 0.00000288. The van der Waals surface area contributed by atoms with Gasteiger partial charge in [-0.3, -0.25) is 9.69 Å². The van der Waals surface area contributed by atoms with Gasteiger partial charge in [-0.1, -0.05) is 0 Å². The van der Waals surface area contributed by atoms with E-state index in [0.29, 0.717) is 52.2 Å². The van der Waals surface area contributed by atoms with Crippen LogP contribution in [0, 0.1) is 0 Å². The fraction of sp³-hybridized carbons (Fsp3) is 0.933. The molecule has 2 aliphatic heterocycles. The van der Waals surface area contributed by atoms with Crippen LogP contribution in [0.25, 0.3) is 0 Å². The molecule has 25 heavy (non-hydrogen) atoms. The second kappa shape index (κ2) is 9.71. The Bertz CT molecular complexity index is 537. The molecule has 0 bridgehead atoms. The van der Waals surface area contributed by atoms with Gasteiger partial charge in [0.25, 0.3) is 0 Å². The minimum atomic E-state index is -3.45. The Morgan fingerprint density at radius 1 is 1.24 bits per heavy atom. The van der Waals surface area contributed by atoms with Crippen molar-refractivity contribution in [3.05, 3.63) is 0 Å². The average molecular weight is 420 g/mol. The van der Waals surface area contributed by atoms with Crippen LogP contribution in [0.4, 0.5) is 0 Å². The SMILES string of the molecule is CC1(C)COCCN1CCNC(=O)C1(S(C)(=O)=O)CCNCC1.Cl.Cl. The van der Waals surface area contributed by atoms with E-state index in [0.717, 1.165) is 6.54 Å². The first kappa shape index (κ1) is 24.9. The van der Waals surface area contributed by atoms with Crippen molar-refractivity contribution < 1.29 is 17.9 Å². The molecule has 2 saturated heterocycles. The summed E-state index contributed by atoms with van der Waals surface area (Å²) in [6.07, 6.45) is 1.84. The lowest BCUT2D eigenvalue weighted by atomic mass is 9.96. The number of hydrogen-bond donors (Lipinski definition) is 2. The summed E-state index contributed by atoms with van der Waals surface area (Å²) in [4.78, 5) is 14.9. The Kier molecular flexibility index (Phi) is 9.66. The summed E-state index contributed by atoms with van der Waals surface area (Å²) in [5.41, 5.74) is -0.0632. The quantitative estimate of drug-likeness (QED) is 0.662. The van der Waals surface area contributed by atoms with Gasteiger partial charge in [-0.2, -0.15) is 0 Å². The first-order valence-corrected chi connectivity index (χ1v) is 10.1. The van der Waals surface area contributed by atoms with Gasteiger partial charge in [0.15, 0.2) is 14.6 Å². The summed E-state index contributed by atoms with van der Waals surface area (Å²) < 4.78 is 28.6. The number of nitrogens with one attached hydrogen (secondary N) is 2. The standard InChI is InChI=1S/C15H29N3O4S.2ClH/c1-14(2)12-22-11-10-18(14)9-8-17-13(19)15(23(3,20)21)4-6-16-7-5-15;;/h16H,4-12H2,1-3H3,(H,17,19);2*1H. The summed E-state index contributed by atoms with van der Waals surface area (Å²) >= 11 is 0. The molecule has 0 unspecified atom stereocenters. The molecule has 2 aliphatic rings. The van der Waals surface area contributed by atoms with Crippen LogP contribution >= 0.6 is 24.8 Å². The van der Waals surface area contributed by atoms with Crippen molar-refractivity contribution in [3.8, 4) is 0 Å². The van der Waals surface area contributed by atoms with Gasteiger partial charge in [0.2, 0.25) is 5.91 Å². The summed E-state index contributed by atoms with van der Waals surface area (Å²) in [5.74, 6) is -0.354. The fourth-order valence-electron chi connectivity index (χ4n) is 3.37. The topological polar surface area (TPSA) is 87.7 Å². The molecule has 0 saturated carbocycles. The largest absolute Gasteiger partial charge is 0.378 e. The van der Waals surface area contributed by atoms with E-state index >= 15 is 0 Å². The highest BCUT2D eigenvalue weighted by atomic mass is 35.5. The van der Waals surface area contributed by atoms with E-state index in [-0.39, 0.29) is 36.3 Å². The lowest BCUT2D eigenvalue weighted by Crippen LogP contribution is -2.59. The van der Waals surface area contributed by atoms with Crippen molar-refractivity contribution in [1.29, 1.82) is 0 Å². The van der Waals surface area contributed by atoms with Crippen molar-refractivity contribution in [3.63, 3.8) is 0 Å². The smallest absolute Gasteiger partial charge is 0.241 e. The second-order valence-electron chi connectivity index (χ2n) is 7.12. The van der Waals surface area contributed by atoms with Crippen molar-refractivity contribution in [1.82, 2.24) is 15.5 Å². The number of rotatable bonds is 5. The van der Waals surface area contributed by atoms with Gasteiger partial charge in [0, 0.05) is 31.4 Å². The maximum Gasteiger partial charge on any atom is 0.241 e. The zero-order valence-electron chi connectivity index (χ0n) is 15.2. The lowest BCUT2D eigenvalue weighted by molar-refractivity contribution is -0.124. The van der Waals surface area contributed by atoms with Gasteiger partial charge in [-0.25, -0.2) is 8.42 Å². The number of carbonyl (C=O) groups is 1. The third-order valence-corrected chi connectivity index (χ3v) is 7.03. The van der Waals surface area contributed by atoms with Crippen LogP contribution in [0.3, 0.4) is 0 Å². The second-order valence-corrected chi connectivity index (χ2v) is 9.45. The summed E-state index contributed by atoms with van der Waals surface area (Å²) in [6, 6.07) is 0. The number of halogens is 2. The van der Waals surface area contributed by atoms with E-state index in [9.17, 15) is 13.2 Å². The monoisotopic (exact) mass is 419 g/mol. The van der Waals surface area contributed by atoms with Gasteiger partial charge in [0.1, 0.15) is 0 Å². The molecule has 0 aliphatic carbocycles. The van der Waals surface area contributed by atoms with E-state index in [1.54, 1.807) is 0 Å². The molecule has 2 rings (SSSR count). The number of nitrogens with zero attached hydrogens (tertiary/aromatic N) is 1. The molecule has 0 atom stereocenters. The van der Waals surface area contributed by atoms with Crippen LogP contribution < -0.4 is 10.6 Å². The molecular weight excluding hydrogens is 389 g/mol. The number of piperidine rings is 1. The molecule has 7 nitrogen and oxygen atoms in total. The van der Waals surface area contributed by atoms with E-state index in [2.05, 4.69) is 29.4 Å². The highest BCUT2D eigenvalue weighted by molar-refractivity contribution is 7.92. The van der Waals surface area contributed by atoms with Gasteiger partial charge in [0.05, 0.1) is 13.2 Å². The number of carbonyl (C=O) groups excluding carboxylic acids is 1. The Hall–Kier alpha value is -0.120. The van der Waals surface area contributed by atoms with Gasteiger partial charge in [-0.15, -0.1) is 24.8 Å². The molecule has 1 amide bonds. The van der Waals surface area contributed by atoms with Crippen LogP contribution in [0.5, 0.6) is 0 Å². The minimum absolute atomic E-state index is 0. The first-order valence-electron chi connectivity index (χ1n) is 8.20. The molecular formula is C15H31Cl2N3O4S. The number of amides is 1. The van der Waals surface area contributed by atoms with E-state index in [1.165, 1.54) is 6.26 Å². The molecule has 2 heterocycles. The average Bonchev–Trinajstić information content (AvgIpc) is 2.48. The van der Waals surface area contributed by atoms with E-state index < -0.39 is 14.6 Å². The maximum absolute atomic E-state index is 12.6. The molecule has 10 heteroatoms. The van der Waals surface area contributed by atoms with Crippen LogP contribution in [0.1, 0.15) is 26.7 Å². The zero-order valence-corrected chi connectivity index (χ0v) is 17.6. The lowest BCUT2D eigenvalue weighted by Gasteiger charge is -2.42. The molecule has 2 fully saturated rings. The molecule has 0 spiro atoms. The maximum atomic E-state index is 12.6. The van der Waals surface area contributed by atoms with Crippen LogP contribution in [0.2, 0.25) is 0 Å². The highest BCUT2D eigenvalue weighted by Gasteiger charge is 2.48. The van der Waals surface area contributed by atoms with Gasteiger partial charge in [-0.05, 0) is 39.8 Å². The van der Waals surface area contributed by atoms with Crippen LogP contribution in [0.15, 0.2) is 0 Å². The molecule has 0 aromatic carbocycles. The van der Waals surface area contributed by atoms with Crippen molar-refractivity contribution in [2.45, 2.75) is 37.0 Å². The Labute approximate surface area is 163 Å². The molecule has 0 aromatic heterocycles. The summed E-state index contributed by atoms with van der Waals surface area (Å²) in [7, 11) is -3.45. The minimum Gasteiger partial charge on any atom is -0.378 e. The number of ether oxygens (including phenoxy) is 1. The van der Waals surface area contributed by atoms with Gasteiger partial charge < -0.3 is 15.4 Å². The Morgan fingerprint density at radius 3 is 2.36 bits per heavy atom. The molecule has 2 N–H and O–H groups in total. The third-order valence-electron chi connectivity index (χ3n) is 5.02. The third kappa shape index (κ3) is 5.68. The summed E-state index contributed by atoms with van der Waals surface area (Å²) in [5, 5.41) is 5.97. The molecule has 0 radical (unpaired) electrons. The predicted octanol–water partition coefficient (Wildman–Crippen LogP) is 0.224. The predicted molar refractivity (Wildman–Crippen MR) is 104 cm³/mol. The number of morpholine rings is 1. The number of sulfone groups is 1. The Morgan fingerprint density at radius 2 is 1.84 bits per heavy atom. The fourth-order valence-corrected chi connectivity index (χ4v) is 4.72. The normalized spacial score (nSPS) is 23.0. The zero-order chi connectivity index (χ0) is 17.1. The van der Waals surface area contributed by atoms with Crippen molar-refractivity contribution in [2.24, 2.45) is 0 Å². The van der Waals surface area contributed by atoms with E-state index in [1.807, 2.05) is 0 Å². The van der Waals surface area contributed by atoms with E-state index in [4.69, 9.17) is 4.74 Å². The first-order chi connectivity index (χ1) is 10.7. The van der Waals surface area contributed by atoms with Gasteiger partial charge >= 0.3 is 0 Å². The van der Waals surface area contributed by atoms with Crippen LogP contribution in [-0.4, -0.2) is 81.7 Å². The number of hydrogen-bond acceptors (Lipinski definition) is 6. The van der Waals surface area contributed by atoms with Crippen molar-refractivity contribution in [2.75, 3.05) is 52.2 Å². The molecule has 0 aromatic rings. The van der Waals surface area contributed by atoms with Crippen molar-refractivity contribution >= 4 is 40.6 Å².